The molecule has 0 aliphatic heterocycles. The van der Waals surface area contributed by atoms with Crippen LogP contribution in [-0.2, 0) is 10.0 Å². The van der Waals surface area contributed by atoms with E-state index < -0.39 is 10.0 Å². The van der Waals surface area contributed by atoms with E-state index in [1.54, 1.807) is 0 Å². The molecule has 1 N–H and O–H groups in total. The highest BCUT2D eigenvalue weighted by molar-refractivity contribution is 7.89. The lowest BCUT2D eigenvalue weighted by Crippen LogP contribution is -2.36. The van der Waals surface area contributed by atoms with Gasteiger partial charge in [-0.3, -0.25) is 0 Å². The number of sulfonamides is 1. The van der Waals surface area contributed by atoms with Gasteiger partial charge in [0.1, 0.15) is 0 Å². The lowest BCUT2D eigenvalue weighted by Gasteiger charge is -2.22. The Morgan fingerprint density at radius 3 is 2.29 bits per heavy atom. The number of hydrogen-bond acceptors (Lipinski definition) is 3. The molecule has 1 atom stereocenters. The Kier molecular flexibility index (Phi) is 6.31. The van der Waals surface area contributed by atoms with Crippen LogP contribution in [0.15, 0.2) is 0 Å². The fraction of sp³-hybridized carbons (Fsp3) is 1.00. The lowest BCUT2D eigenvalue weighted by molar-refractivity contribution is 0.310. The summed E-state index contributed by atoms with van der Waals surface area (Å²) in [5.41, 5.74) is 0. The highest BCUT2D eigenvalue weighted by Crippen LogP contribution is 2.08. The van der Waals surface area contributed by atoms with Crippen LogP contribution in [0.4, 0.5) is 0 Å². The molecule has 0 saturated heterocycles. The zero-order valence-corrected chi connectivity index (χ0v) is 10.0. The Bertz CT molecular complexity index is 238. The van der Waals surface area contributed by atoms with Crippen LogP contribution in [0, 0.1) is 5.92 Å². The molecule has 14 heavy (non-hydrogen) atoms. The molecule has 0 aliphatic rings. The van der Waals surface area contributed by atoms with Gasteiger partial charge in [-0.05, 0) is 5.92 Å². The van der Waals surface area contributed by atoms with Gasteiger partial charge in [0, 0.05) is 13.1 Å². The molecule has 0 fully saturated rings. The molecule has 4 nitrogen and oxygen atoms in total. The Morgan fingerprint density at radius 2 is 1.93 bits per heavy atom. The molecule has 86 valence electrons. The minimum absolute atomic E-state index is 0.169. The number of rotatable bonds is 7. The monoisotopic (exact) mass is 223 g/mol. The van der Waals surface area contributed by atoms with Crippen molar-refractivity contribution in [3.8, 4) is 0 Å². The molecule has 0 aromatic heterocycles. The van der Waals surface area contributed by atoms with Gasteiger partial charge in [-0.1, -0.05) is 27.2 Å². The van der Waals surface area contributed by atoms with Crippen LogP contribution in [0.2, 0.25) is 0 Å². The van der Waals surface area contributed by atoms with Crippen LogP contribution in [-0.4, -0.2) is 43.3 Å². The normalized spacial score (nSPS) is 14.6. The number of nitrogens with zero attached hydrogens (tertiary/aromatic N) is 1. The van der Waals surface area contributed by atoms with Gasteiger partial charge in [0.15, 0.2) is 0 Å². The predicted molar refractivity (Wildman–Crippen MR) is 57.6 cm³/mol. The Labute approximate surface area is 87.0 Å². The van der Waals surface area contributed by atoms with Crippen molar-refractivity contribution in [3.05, 3.63) is 0 Å². The largest absolute Gasteiger partial charge is 0.395 e. The third-order valence-corrected chi connectivity index (χ3v) is 4.20. The molecule has 1 unspecified atom stereocenters. The Balaban J connectivity index is 4.40. The zero-order valence-electron chi connectivity index (χ0n) is 9.23. The molecule has 0 spiro atoms. The highest BCUT2D eigenvalue weighted by Gasteiger charge is 2.20. The maximum absolute atomic E-state index is 11.6. The van der Waals surface area contributed by atoms with E-state index in [1.807, 2.05) is 20.8 Å². The number of aliphatic hydroxyl groups excluding tert-OH is 1. The molecule has 0 aromatic carbocycles. The smallest absolute Gasteiger partial charge is 0.216 e. The van der Waals surface area contributed by atoms with Crippen LogP contribution in [0.1, 0.15) is 27.2 Å². The highest BCUT2D eigenvalue weighted by atomic mass is 32.2. The molecule has 5 heteroatoms. The molecular formula is C9H21NO3S. The topological polar surface area (TPSA) is 57.6 Å². The van der Waals surface area contributed by atoms with Gasteiger partial charge in [-0.2, -0.15) is 0 Å². The van der Waals surface area contributed by atoms with Crippen molar-refractivity contribution in [2.75, 3.05) is 25.4 Å². The van der Waals surface area contributed by atoms with Gasteiger partial charge in [-0.25, -0.2) is 12.7 Å². The molecule has 0 aromatic rings. The van der Waals surface area contributed by atoms with Crippen LogP contribution in [0.3, 0.4) is 0 Å². The van der Waals surface area contributed by atoms with E-state index in [2.05, 4.69) is 0 Å². The van der Waals surface area contributed by atoms with Crippen molar-refractivity contribution < 1.29 is 13.5 Å². The third kappa shape index (κ3) is 4.39. The first-order valence-corrected chi connectivity index (χ1v) is 6.67. The molecule has 0 heterocycles. The van der Waals surface area contributed by atoms with Gasteiger partial charge in [0.05, 0.1) is 12.4 Å². The maximum atomic E-state index is 11.6. The van der Waals surface area contributed by atoms with Crippen LogP contribution >= 0.6 is 0 Å². The molecule has 0 aliphatic carbocycles. The maximum Gasteiger partial charge on any atom is 0.216 e. The first-order valence-electron chi connectivity index (χ1n) is 5.06. The second kappa shape index (κ2) is 6.37. The van der Waals surface area contributed by atoms with Crippen LogP contribution in [0.25, 0.3) is 0 Å². The van der Waals surface area contributed by atoms with Crippen molar-refractivity contribution in [1.82, 2.24) is 4.31 Å². The van der Waals surface area contributed by atoms with Crippen molar-refractivity contribution >= 4 is 10.0 Å². The standard InChI is InChI=1S/C9H21NO3S/c1-4-9(3)8-10(5-2)14(12,13)7-6-11/h9,11H,4-8H2,1-3H3. The van der Waals surface area contributed by atoms with E-state index in [4.69, 9.17) is 5.11 Å². The first kappa shape index (κ1) is 13.9. The van der Waals surface area contributed by atoms with Gasteiger partial charge < -0.3 is 5.11 Å². The summed E-state index contributed by atoms with van der Waals surface area (Å²) in [6.45, 7) is 6.60. The van der Waals surface area contributed by atoms with E-state index in [-0.39, 0.29) is 12.4 Å². The minimum Gasteiger partial charge on any atom is -0.395 e. The quantitative estimate of drug-likeness (QED) is 0.690. The van der Waals surface area contributed by atoms with Gasteiger partial charge in [0.2, 0.25) is 10.0 Å². The summed E-state index contributed by atoms with van der Waals surface area (Å²) in [6, 6.07) is 0. The summed E-state index contributed by atoms with van der Waals surface area (Å²) in [4.78, 5) is 0. The number of hydrogen-bond donors (Lipinski definition) is 1. The average Bonchev–Trinajstić information content (AvgIpc) is 2.13. The summed E-state index contributed by atoms with van der Waals surface area (Å²) in [6.07, 6.45) is 0.963. The minimum atomic E-state index is -3.24. The summed E-state index contributed by atoms with van der Waals surface area (Å²) in [5.74, 6) is 0.195. The zero-order chi connectivity index (χ0) is 11.2. The van der Waals surface area contributed by atoms with Crippen LogP contribution < -0.4 is 0 Å². The molecule has 0 radical (unpaired) electrons. The summed E-state index contributed by atoms with van der Waals surface area (Å²) < 4.78 is 24.6. The van der Waals surface area contributed by atoms with Crippen molar-refractivity contribution in [2.45, 2.75) is 27.2 Å². The molecule has 0 amide bonds. The van der Waals surface area contributed by atoms with E-state index in [1.165, 1.54) is 4.31 Å². The van der Waals surface area contributed by atoms with E-state index in [0.717, 1.165) is 6.42 Å². The fourth-order valence-electron chi connectivity index (χ4n) is 1.16. The summed E-state index contributed by atoms with van der Waals surface area (Å²) in [5, 5.41) is 8.63. The van der Waals surface area contributed by atoms with Crippen molar-refractivity contribution in [1.29, 1.82) is 0 Å². The molecule has 0 saturated carbocycles. The summed E-state index contributed by atoms with van der Waals surface area (Å²) >= 11 is 0. The molecular weight excluding hydrogens is 202 g/mol. The first-order chi connectivity index (χ1) is 6.47. The third-order valence-electron chi connectivity index (χ3n) is 2.31. The van der Waals surface area contributed by atoms with Gasteiger partial charge >= 0.3 is 0 Å². The Hall–Kier alpha value is -0.130. The second-order valence-electron chi connectivity index (χ2n) is 3.50. The lowest BCUT2D eigenvalue weighted by atomic mass is 10.1. The van der Waals surface area contributed by atoms with E-state index >= 15 is 0 Å². The second-order valence-corrected chi connectivity index (χ2v) is 5.59. The number of aliphatic hydroxyl groups is 1. The molecule has 0 rings (SSSR count). The van der Waals surface area contributed by atoms with Gasteiger partial charge in [0.25, 0.3) is 0 Å². The molecule has 0 bridgehead atoms. The van der Waals surface area contributed by atoms with E-state index in [0.29, 0.717) is 19.0 Å². The average molecular weight is 223 g/mol. The Morgan fingerprint density at radius 1 is 1.36 bits per heavy atom. The SMILES string of the molecule is CCC(C)CN(CC)S(=O)(=O)CCO. The van der Waals surface area contributed by atoms with Gasteiger partial charge in [-0.15, -0.1) is 0 Å². The van der Waals surface area contributed by atoms with Crippen molar-refractivity contribution in [2.24, 2.45) is 5.92 Å². The fourth-order valence-corrected chi connectivity index (χ4v) is 2.52. The predicted octanol–water partition coefficient (Wildman–Crippen LogP) is 0.676. The van der Waals surface area contributed by atoms with E-state index in [9.17, 15) is 8.42 Å². The summed E-state index contributed by atoms with van der Waals surface area (Å²) in [7, 11) is -3.24. The van der Waals surface area contributed by atoms with Crippen molar-refractivity contribution in [3.63, 3.8) is 0 Å². The van der Waals surface area contributed by atoms with Crippen LogP contribution in [0.5, 0.6) is 0 Å².